The summed E-state index contributed by atoms with van der Waals surface area (Å²) in [6, 6.07) is 0.664. The summed E-state index contributed by atoms with van der Waals surface area (Å²) in [5.41, 5.74) is 0. The Kier molecular flexibility index (Phi) is 2.87. The summed E-state index contributed by atoms with van der Waals surface area (Å²) in [7, 11) is 0. The molecule has 13 heavy (non-hydrogen) atoms. The zero-order valence-corrected chi connectivity index (χ0v) is 8.55. The highest BCUT2D eigenvalue weighted by molar-refractivity contribution is 5.82. The number of hydrogen-bond acceptors (Lipinski definition) is 2. The van der Waals surface area contributed by atoms with E-state index in [1.165, 1.54) is 44.4 Å². The molecule has 1 N–H and O–H groups in total. The van der Waals surface area contributed by atoms with E-state index in [0.29, 0.717) is 6.04 Å². The average Bonchev–Trinajstić information content (AvgIpc) is 2.92. The number of rotatable bonds is 2. The third kappa shape index (κ3) is 2.71. The molecule has 1 heterocycles. The first-order valence-corrected chi connectivity index (χ1v) is 5.66. The topological polar surface area (TPSA) is 24.4 Å². The van der Waals surface area contributed by atoms with Crippen LogP contribution in [0, 0.1) is 5.92 Å². The Bertz CT molecular complexity index is 194. The molecule has 1 saturated carbocycles. The molecular formula is C11H20N2. The second-order valence-electron chi connectivity index (χ2n) is 4.41. The van der Waals surface area contributed by atoms with Gasteiger partial charge in [-0.05, 0) is 38.5 Å². The van der Waals surface area contributed by atoms with Gasteiger partial charge in [0, 0.05) is 19.0 Å². The van der Waals surface area contributed by atoms with E-state index in [4.69, 9.17) is 0 Å². The van der Waals surface area contributed by atoms with E-state index in [0.717, 1.165) is 12.5 Å². The maximum atomic E-state index is 4.58. The second-order valence-corrected chi connectivity index (χ2v) is 4.41. The monoisotopic (exact) mass is 180 g/mol. The summed E-state index contributed by atoms with van der Waals surface area (Å²) in [5.74, 6) is 2.21. The number of nitrogens with one attached hydrogen (secondary N) is 1. The molecule has 0 aromatic rings. The molecule has 1 aliphatic carbocycles. The van der Waals surface area contributed by atoms with E-state index in [1.54, 1.807) is 0 Å². The molecule has 74 valence electrons. The third-order valence-electron chi connectivity index (χ3n) is 3.10. The minimum Gasteiger partial charge on any atom is -0.371 e. The summed E-state index contributed by atoms with van der Waals surface area (Å²) < 4.78 is 0. The molecule has 2 aliphatic rings. The Hall–Kier alpha value is -0.530. The quantitative estimate of drug-likeness (QED) is 0.693. The van der Waals surface area contributed by atoms with Crippen LogP contribution >= 0.6 is 0 Å². The lowest BCUT2D eigenvalue weighted by Gasteiger charge is -2.15. The Labute approximate surface area is 80.8 Å². The Morgan fingerprint density at radius 2 is 2.15 bits per heavy atom. The van der Waals surface area contributed by atoms with Crippen LogP contribution in [-0.2, 0) is 0 Å². The Morgan fingerprint density at radius 1 is 1.31 bits per heavy atom. The van der Waals surface area contributed by atoms with Gasteiger partial charge in [-0.1, -0.05) is 6.42 Å². The van der Waals surface area contributed by atoms with Gasteiger partial charge in [0.2, 0.25) is 0 Å². The maximum Gasteiger partial charge on any atom is 0.0965 e. The van der Waals surface area contributed by atoms with Crippen molar-refractivity contribution in [2.45, 2.75) is 51.5 Å². The first-order valence-electron chi connectivity index (χ1n) is 5.66. The fourth-order valence-electron chi connectivity index (χ4n) is 1.97. The van der Waals surface area contributed by atoms with Crippen LogP contribution in [0.2, 0.25) is 0 Å². The van der Waals surface area contributed by atoms with Gasteiger partial charge in [-0.3, -0.25) is 4.99 Å². The van der Waals surface area contributed by atoms with Crippen molar-refractivity contribution in [3.05, 3.63) is 0 Å². The summed E-state index contributed by atoms with van der Waals surface area (Å²) >= 11 is 0. The molecule has 0 radical (unpaired) electrons. The van der Waals surface area contributed by atoms with Gasteiger partial charge in [-0.25, -0.2) is 0 Å². The molecule has 2 heteroatoms. The highest BCUT2D eigenvalue weighted by Crippen LogP contribution is 2.32. The van der Waals surface area contributed by atoms with E-state index in [1.807, 2.05) is 0 Å². The minimum atomic E-state index is 0.664. The summed E-state index contributed by atoms with van der Waals surface area (Å²) in [4.78, 5) is 4.58. The largest absolute Gasteiger partial charge is 0.371 e. The van der Waals surface area contributed by atoms with Crippen LogP contribution in [0.25, 0.3) is 0 Å². The number of hydrogen-bond donors (Lipinski definition) is 1. The van der Waals surface area contributed by atoms with Crippen molar-refractivity contribution in [2.75, 3.05) is 6.54 Å². The molecule has 1 atom stereocenters. The lowest BCUT2D eigenvalue weighted by atomic mass is 10.2. The van der Waals surface area contributed by atoms with E-state index in [-0.39, 0.29) is 0 Å². The smallest absolute Gasteiger partial charge is 0.0965 e. The molecular weight excluding hydrogens is 160 g/mol. The Balaban J connectivity index is 1.80. The first-order chi connectivity index (χ1) is 6.36. The zero-order valence-electron chi connectivity index (χ0n) is 8.55. The van der Waals surface area contributed by atoms with Gasteiger partial charge in [-0.15, -0.1) is 0 Å². The van der Waals surface area contributed by atoms with Crippen LogP contribution in [0.5, 0.6) is 0 Å². The molecule has 1 aliphatic heterocycles. The van der Waals surface area contributed by atoms with Gasteiger partial charge >= 0.3 is 0 Å². The van der Waals surface area contributed by atoms with Gasteiger partial charge in [0.1, 0.15) is 0 Å². The van der Waals surface area contributed by atoms with E-state index in [2.05, 4.69) is 17.2 Å². The lowest BCUT2D eigenvalue weighted by Crippen LogP contribution is -2.33. The highest BCUT2D eigenvalue weighted by atomic mass is 15.0. The Morgan fingerprint density at radius 3 is 2.92 bits per heavy atom. The number of nitrogens with zero attached hydrogens (tertiary/aromatic N) is 1. The van der Waals surface area contributed by atoms with E-state index < -0.39 is 0 Å². The minimum absolute atomic E-state index is 0.664. The highest BCUT2D eigenvalue weighted by Gasteiger charge is 2.28. The molecule has 2 rings (SSSR count). The molecule has 2 nitrogen and oxygen atoms in total. The summed E-state index contributed by atoms with van der Waals surface area (Å²) in [5, 5.41) is 3.57. The summed E-state index contributed by atoms with van der Waals surface area (Å²) in [6.07, 6.45) is 7.97. The van der Waals surface area contributed by atoms with Crippen LogP contribution in [0.4, 0.5) is 0 Å². The van der Waals surface area contributed by atoms with Crippen molar-refractivity contribution in [3.8, 4) is 0 Å². The zero-order chi connectivity index (χ0) is 9.10. The fourth-order valence-corrected chi connectivity index (χ4v) is 1.97. The maximum absolute atomic E-state index is 4.58. The van der Waals surface area contributed by atoms with Crippen molar-refractivity contribution in [3.63, 3.8) is 0 Å². The normalized spacial score (nSPS) is 26.1. The van der Waals surface area contributed by atoms with Crippen LogP contribution in [0.3, 0.4) is 0 Å². The predicted octanol–water partition coefficient (Wildman–Crippen LogP) is 2.35. The fraction of sp³-hybridized carbons (Fsp3) is 0.909. The molecule has 1 unspecified atom stereocenters. The van der Waals surface area contributed by atoms with E-state index >= 15 is 0 Å². The van der Waals surface area contributed by atoms with Crippen LogP contribution < -0.4 is 5.32 Å². The average molecular weight is 180 g/mol. The predicted molar refractivity (Wildman–Crippen MR) is 56.1 cm³/mol. The molecule has 0 aromatic heterocycles. The molecule has 1 fully saturated rings. The van der Waals surface area contributed by atoms with Crippen molar-refractivity contribution in [1.29, 1.82) is 0 Å². The SMILES string of the molecule is CC(NC1=NCCCCC1)C1CC1. The number of aliphatic imine (C=N–C) groups is 1. The van der Waals surface area contributed by atoms with Crippen molar-refractivity contribution in [1.82, 2.24) is 5.32 Å². The van der Waals surface area contributed by atoms with E-state index in [9.17, 15) is 0 Å². The van der Waals surface area contributed by atoms with Crippen molar-refractivity contribution in [2.24, 2.45) is 10.9 Å². The molecule has 0 bridgehead atoms. The molecule has 0 amide bonds. The molecule has 0 spiro atoms. The lowest BCUT2D eigenvalue weighted by molar-refractivity contribution is 0.580. The molecule has 0 saturated heterocycles. The van der Waals surface area contributed by atoms with Gasteiger partial charge in [-0.2, -0.15) is 0 Å². The standard InChI is InChI=1S/C11H20N2/c1-9(10-6-7-10)13-11-5-3-2-4-8-12-11/h9-10H,2-8H2,1H3,(H,12,13). The molecule has 0 aromatic carbocycles. The van der Waals surface area contributed by atoms with Gasteiger partial charge in [0.05, 0.1) is 5.84 Å². The summed E-state index contributed by atoms with van der Waals surface area (Å²) in [6.45, 7) is 3.34. The second kappa shape index (κ2) is 4.12. The number of amidine groups is 1. The van der Waals surface area contributed by atoms with Crippen molar-refractivity contribution < 1.29 is 0 Å². The van der Waals surface area contributed by atoms with Gasteiger partial charge in [0.15, 0.2) is 0 Å². The third-order valence-corrected chi connectivity index (χ3v) is 3.10. The van der Waals surface area contributed by atoms with Crippen LogP contribution in [-0.4, -0.2) is 18.4 Å². The van der Waals surface area contributed by atoms with Gasteiger partial charge < -0.3 is 5.32 Å². The van der Waals surface area contributed by atoms with Crippen LogP contribution in [0.1, 0.15) is 45.4 Å². The van der Waals surface area contributed by atoms with Gasteiger partial charge in [0.25, 0.3) is 0 Å². The van der Waals surface area contributed by atoms with Crippen molar-refractivity contribution >= 4 is 5.84 Å². The van der Waals surface area contributed by atoms with Crippen LogP contribution in [0.15, 0.2) is 4.99 Å². The first kappa shape index (κ1) is 9.04.